The molecule has 0 saturated carbocycles. The zero-order chi connectivity index (χ0) is 14.0. The lowest BCUT2D eigenvalue weighted by molar-refractivity contribution is 0.194. The van der Waals surface area contributed by atoms with Gasteiger partial charge in [-0.05, 0) is 22.9 Å². The summed E-state index contributed by atoms with van der Waals surface area (Å²) in [6.07, 6.45) is 0.0568. The van der Waals surface area contributed by atoms with E-state index in [0.717, 1.165) is 32.3 Å². The Balaban J connectivity index is 2.82. The maximum atomic E-state index is 9.67. The third-order valence-electron chi connectivity index (χ3n) is 3.06. The molecule has 0 aliphatic carbocycles. The maximum absolute atomic E-state index is 9.67. The number of methoxy groups -OCH3 is 2. The number of aliphatic hydroxyl groups excluding tert-OH is 1. The van der Waals surface area contributed by atoms with Crippen LogP contribution in [0.4, 0.5) is 0 Å². The normalized spacial score (nSPS) is 12.5. The number of fused-ring (bicyclic) bond motifs is 1. The van der Waals surface area contributed by atoms with Gasteiger partial charge in [-0.25, -0.2) is 0 Å². The van der Waals surface area contributed by atoms with Crippen molar-refractivity contribution in [3.05, 3.63) is 34.3 Å². The van der Waals surface area contributed by atoms with Crippen molar-refractivity contribution < 1.29 is 14.6 Å². The van der Waals surface area contributed by atoms with Gasteiger partial charge in [-0.2, -0.15) is 0 Å². The van der Waals surface area contributed by atoms with Crippen molar-refractivity contribution in [1.29, 1.82) is 0 Å². The molecule has 2 aromatic carbocycles. The van der Waals surface area contributed by atoms with Gasteiger partial charge in [0.05, 0.1) is 24.8 Å². The van der Waals surface area contributed by atoms with Gasteiger partial charge < -0.3 is 14.6 Å². The summed E-state index contributed by atoms with van der Waals surface area (Å²) in [5, 5.41) is 11.6. The number of hydrogen-bond donors (Lipinski definition) is 1. The van der Waals surface area contributed by atoms with Crippen LogP contribution >= 0.6 is 15.9 Å². The Hall–Kier alpha value is -1.26. The Morgan fingerprint density at radius 3 is 2.11 bits per heavy atom. The summed E-state index contributed by atoms with van der Waals surface area (Å²) < 4.78 is 11.9. The predicted molar refractivity (Wildman–Crippen MR) is 80.1 cm³/mol. The van der Waals surface area contributed by atoms with Gasteiger partial charge in [-0.1, -0.05) is 24.3 Å². The monoisotopic (exact) mass is 324 g/mol. The quantitative estimate of drug-likeness (QED) is 0.934. The van der Waals surface area contributed by atoms with Crippen LogP contribution < -0.4 is 9.47 Å². The van der Waals surface area contributed by atoms with Crippen molar-refractivity contribution in [1.82, 2.24) is 0 Å². The minimum Gasteiger partial charge on any atom is -0.496 e. The Kier molecular flexibility index (Phi) is 4.32. The molecule has 0 aliphatic heterocycles. The van der Waals surface area contributed by atoms with Crippen molar-refractivity contribution in [2.75, 3.05) is 14.2 Å². The summed E-state index contributed by atoms with van der Waals surface area (Å²) in [7, 11) is 3.29. The topological polar surface area (TPSA) is 38.7 Å². The van der Waals surface area contributed by atoms with Gasteiger partial charge in [0.2, 0.25) is 0 Å². The third-order valence-corrected chi connectivity index (χ3v) is 3.90. The zero-order valence-corrected chi connectivity index (χ0v) is 12.8. The molecule has 102 valence electrons. The molecular weight excluding hydrogens is 308 g/mol. The first kappa shape index (κ1) is 14.2. The Bertz CT molecular complexity index is 593. The highest BCUT2D eigenvalue weighted by molar-refractivity contribution is 9.10. The van der Waals surface area contributed by atoms with Crippen molar-refractivity contribution >= 4 is 26.7 Å². The fourth-order valence-corrected chi connectivity index (χ4v) is 3.02. The van der Waals surface area contributed by atoms with E-state index in [1.54, 1.807) is 21.1 Å². The number of hydrogen-bond acceptors (Lipinski definition) is 3. The lowest BCUT2D eigenvalue weighted by Crippen LogP contribution is -2.08. The molecule has 0 amide bonds. The summed E-state index contributed by atoms with van der Waals surface area (Å²) in [6.45, 7) is 1.76. The average Bonchev–Trinajstić information content (AvgIpc) is 2.39. The first-order valence-electron chi connectivity index (χ1n) is 6.09. The molecule has 0 unspecified atom stereocenters. The largest absolute Gasteiger partial charge is 0.496 e. The molecule has 2 rings (SSSR count). The SMILES string of the molecule is COc1c(Br)c(C[C@H](C)O)c(OC)c2ccccc12. The van der Waals surface area contributed by atoms with Crippen molar-refractivity contribution in [2.45, 2.75) is 19.4 Å². The molecule has 3 nitrogen and oxygen atoms in total. The number of aliphatic hydroxyl groups is 1. The van der Waals surface area contributed by atoms with Crippen LogP contribution in [-0.2, 0) is 6.42 Å². The van der Waals surface area contributed by atoms with E-state index in [2.05, 4.69) is 15.9 Å². The number of halogens is 1. The van der Waals surface area contributed by atoms with Gasteiger partial charge >= 0.3 is 0 Å². The summed E-state index contributed by atoms with van der Waals surface area (Å²) in [4.78, 5) is 0. The second-order valence-corrected chi connectivity index (χ2v) is 5.25. The summed E-state index contributed by atoms with van der Waals surface area (Å²) in [5.41, 5.74) is 0.924. The van der Waals surface area contributed by atoms with Crippen LogP contribution in [0, 0.1) is 0 Å². The molecular formula is C15H17BrO3. The van der Waals surface area contributed by atoms with Crippen LogP contribution in [0.1, 0.15) is 12.5 Å². The molecule has 2 aromatic rings. The first-order chi connectivity index (χ1) is 9.10. The van der Waals surface area contributed by atoms with E-state index in [9.17, 15) is 5.11 Å². The van der Waals surface area contributed by atoms with Crippen molar-refractivity contribution in [3.8, 4) is 11.5 Å². The summed E-state index contributed by atoms with van der Waals surface area (Å²) in [5.74, 6) is 1.55. The van der Waals surface area contributed by atoms with Gasteiger partial charge in [-0.3, -0.25) is 0 Å². The van der Waals surface area contributed by atoms with Crippen LogP contribution in [-0.4, -0.2) is 25.4 Å². The highest BCUT2D eigenvalue weighted by Crippen LogP contribution is 2.44. The molecule has 0 radical (unpaired) electrons. The van der Waals surface area contributed by atoms with E-state index in [0.29, 0.717) is 6.42 Å². The van der Waals surface area contributed by atoms with Crippen LogP contribution in [0.3, 0.4) is 0 Å². The van der Waals surface area contributed by atoms with Gasteiger partial charge in [-0.15, -0.1) is 0 Å². The molecule has 1 N–H and O–H groups in total. The molecule has 0 spiro atoms. The van der Waals surface area contributed by atoms with E-state index >= 15 is 0 Å². The van der Waals surface area contributed by atoms with E-state index in [1.807, 2.05) is 24.3 Å². The Labute approximate surface area is 121 Å². The molecule has 19 heavy (non-hydrogen) atoms. The Morgan fingerprint density at radius 1 is 1.11 bits per heavy atom. The van der Waals surface area contributed by atoms with Crippen LogP contribution in [0.25, 0.3) is 10.8 Å². The molecule has 0 aromatic heterocycles. The zero-order valence-electron chi connectivity index (χ0n) is 11.2. The number of ether oxygens (including phenoxy) is 2. The number of rotatable bonds is 4. The van der Waals surface area contributed by atoms with E-state index in [-0.39, 0.29) is 0 Å². The van der Waals surface area contributed by atoms with E-state index < -0.39 is 6.10 Å². The fourth-order valence-electron chi connectivity index (χ4n) is 2.31. The maximum Gasteiger partial charge on any atom is 0.141 e. The van der Waals surface area contributed by atoms with Gasteiger partial charge in [0.25, 0.3) is 0 Å². The minimum atomic E-state index is -0.448. The average molecular weight is 325 g/mol. The lowest BCUT2D eigenvalue weighted by Gasteiger charge is -2.18. The summed E-state index contributed by atoms with van der Waals surface area (Å²) in [6, 6.07) is 7.91. The number of benzene rings is 2. The van der Waals surface area contributed by atoms with Gasteiger partial charge in [0.15, 0.2) is 0 Å². The Morgan fingerprint density at radius 2 is 1.63 bits per heavy atom. The summed E-state index contributed by atoms with van der Waals surface area (Å²) >= 11 is 3.57. The second kappa shape index (κ2) is 5.80. The molecule has 0 saturated heterocycles. The van der Waals surface area contributed by atoms with Crippen LogP contribution in [0.2, 0.25) is 0 Å². The third kappa shape index (κ3) is 2.55. The van der Waals surface area contributed by atoms with Gasteiger partial charge in [0.1, 0.15) is 11.5 Å². The predicted octanol–water partition coefficient (Wildman–Crippen LogP) is 3.54. The molecule has 0 aliphatic rings. The fraction of sp³-hybridized carbons (Fsp3) is 0.333. The highest BCUT2D eigenvalue weighted by Gasteiger charge is 2.19. The van der Waals surface area contributed by atoms with Crippen molar-refractivity contribution in [2.24, 2.45) is 0 Å². The molecule has 0 fully saturated rings. The van der Waals surface area contributed by atoms with Crippen LogP contribution in [0.5, 0.6) is 11.5 Å². The molecule has 1 atom stereocenters. The first-order valence-corrected chi connectivity index (χ1v) is 6.88. The highest BCUT2D eigenvalue weighted by atomic mass is 79.9. The molecule has 0 bridgehead atoms. The molecule has 4 heteroatoms. The molecule has 0 heterocycles. The minimum absolute atomic E-state index is 0.448. The van der Waals surface area contributed by atoms with Gasteiger partial charge in [0, 0.05) is 22.8 Å². The van der Waals surface area contributed by atoms with Crippen molar-refractivity contribution in [3.63, 3.8) is 0 Å². The second-order valence-electron chi connectivity index (χ2n) is 4.46. The van der Waals surface area contributed by atoms with E-state index in [1.165, 1.54) is 0 Å². The van der Waals surface area contributed by atoms with E-state index in [4.69, 9.17) is 9.47 Å². The smallest absolute Gasteiger partial charge is 0.141 e. The standard InChI is InChI=1S/C15H17BrO3/c1-9(17)8-12-13(16)15(19-3)11-7-5-4-6-10(11)14(12)18-2/h4-7,9,17H,8H2,1-3H3/t9-/m0/s1. The van der Waals surface area contributed by atoms with Crippen LogP contribution in [0.15, 0.2) is 28.7 Å². The lowest BCUT2D eigenvalue weighted by atomic mass is 10.0.